The predicted octanol–water partition coefficient (Wildman–Crippen LogP) is 4.93. The molecule has 4 aromatic rings. The quantitative estimate of drug-likeness (QED) is 0.447. The topological polar surface area (TPSA) is 63.7 Å². The van der Waals surface area contributed by atoms with Gasteiger partial charge in [0.1, 0.15) is 12.4 Å². The molecule has 0 saturated carbocycles. The monoisotopic (exact) mass is 391 g/mol. The summed E-state index contributed by atoms with van der Waals surface area (Å²) in [5.41, 5.74) is 2.09. The molecule has 150 valence electrons. The van der Waals surface area contributed by atoms with Crippen LogP contribution in [0, 0.1) is 0 Å². The van der Waals surface area contributed by atoms with Gasteiger partial charge in [-0.3, -0.25) is 0 Å². The first-order chi connectivity index (χ1) is 14.2. The number of aromatic amines is 1. The number of hydrogen-bond donors (Lipinski definition) is 2. The number of H-pyrrole nitrogens is 1. The van der Waals surface area contributed by atoms with E-state index in [0.717, 1.165) is 27.6 Å². The molecular formula is C24H25NO4. The molecule has 2 unspecified atom stereocenters. The summed E-state index contributed by atoms with van der Waals surface area (Å²) in [5.74, 6) is 2.10. The van der Waals surface area contributed by atoms with Crippen LogP contribution in [0.15, 0.2) is 66.7 Å². The van der Waals surface area contributed by atoms with Crippen LogP contribution < -0.4 is 14.2 Å². The van der Waals surface area contributed by atoms with Gasteiger partial charge in [0.05, 0.1) is 24.8 Å². The summed E-state index contributed by atoms with van der Waals surface area (Å²) < 4.78 is 17.2. The first-order valence-corrected chi connectivity index (χ1v) is 9.75. The van der Waals surface area contributed by atoms with Gasteiger partial charge in [0.25, 0.3) is 0 Å². The first kappa shape index (κ1) is 19.2. The van der Waals surface area contributed by atoms with Gasteiger partial charge < -0.3 is 24.3 Å². The molecule has 0 aliphatic heterocycles. The minimum atomic E-state index is -0.653. The lowest BCUT2D eigenvalue weighted by molar-refractivity contribution is 0.0632. The third-order valence-corrected chi connectivity index (χ3v) is 4.92. The van der Waals surface area contributed by atoms with Crippen molar-refractivity contribution < 1.29 is 19.3 Å². The number of fused-ring (bicyclic) bond motifs is 3. The second-order valence-electron chi connectivity index (χ2n) is 7.13. The van der Waals surface area contributed by atoms with E-state index < -0.39 is 6.10 Å². The largest absolute Gasteiger partial charge is 0.493 e. The van der Waals surface area contributed by atoms with E-state index in [-0.39, 0.29) is 12.7 Å². The molecular weight excluding hydrogens is 366 g/mol. The molecule has 1 heterocycles. The molecule has 2 atom stereocenters. The summed E-state index contributed by atoms with van der Waals surface area (Å²) in [6.07, 6.45) is -0.393. The third-order valence-electron chi connectivity index (χ3n) is 4.92. The summed E-state index contributed by atoms with van der Waals surface area (Å²) in [6, 6.07) is 21.5. The van der Waals surface area contributed by atoms with E-state index in [1.165, 1.54) is 0 Å². The van der Waals surface area contributed by atoms with E-state index in [1.54, 1.807) is 7.11 Å². The zero-order chi connectivity index (χ0) is 20.2. The van der Waals surface area contributed by atoms with E-state index in [4.69, 9.17) is 14.2 Å². The molecule has 3 aromatic carbocycles. The molecule has 5 heteroatoms. The fraction of sp³-hybridized carbons (Fsp3) is 0.250. The van der Waals surface area contributed by atoms with Crippen molar-refractivity contribution in [3.8, 4) is 17.2 Å². The minimum Gasteiger partial charge on any atom is -0.493 e. The van der Waals surface area contributed by atoms with Gasteiger partial charge in [-0.1, -0.05) is 36.4 Å². The Bertz CT molecular complexity index is 1100. The average Bonchev–Trinajstić information content (AvgIpc) is 3.12. The standard InChI is InChI=1S/C24H25NO4/c1-16(29-22-12-6-5-11-21(22)27-2)14-17(26)15-28-23-13-7-10-20-24(23)18-8-3-4-9-19(18)25-20/h3-13,16-17,25-26H,14-15H2,1-2H3. The molecule has 0 saturated heterocycles. The molecule has 2 N–H and O–H groups in total. The maximum atomic E-state index is 10.5. The Morgan fingerprint density at radius 3 is 2.38 bits per heavy atom. The van der Waals surface area contributed by atoms with Gasteiger partial charge >= 0.3 is 0 Å². The molecule has 0 bridgehead atoms. The maximum Gasteiger partial charge on any atom is 0.161 e. The first-order valence-electron chi connectivity index (χ1n) is 9.75. The van der Waals surface area contributed by atoms with Crippen LogP contribution >= 0.6 is 0 Å². The molecule has 1 aromatic heterocycles. The van der Waals surface area contributed by atoms with E-state index >= 15 is 0 Å². The third kappa shape index (κ3) is 4.15. The number of nitrogens with one attached hydrogen (secondary N) is 1. The number of benzene rings is 3. The van der Waals surface area contributed by atoms with E-state index in [1.807, 2.05) is 67.6 Å². The maximum absolute atomic E-state index is 10.5. The number of rotatable bonds is 8. The van der Waals surface area contributed by atoms with Crippen molar-refractivity contribution in [3.05, 3.63) is 66.7 Å². The predicted molar refractivity (Wildman–Crippen MR) is 115 cm³/mol. The van der Waals surface area contributed by atoms with Crippen LogP contribution in [0.25, 0.3) is 21.8 Å². The summed E-state index contributed by atoms with van der Waals surface area (Å²) in [6.45, 7) is 2.12. The fourth-order valence-corrected chi connectivity index (χ4v) is 3.61. The van der Waals surface area contributed by atoms with Crippen LogP contribution in [0.4, 0.5) is 0 Å². The second kappa shape index (κ2) is 8.45. The Hall–Kier alpha value is -3.18. The number of para-hydroxylation sites is 3. The lowest BCUT2D eigenvalue weighted by Gasteiger charge is -2.20. The van der Waals surface area contributed by atoms with Crippen molar-refractivity contribution in [2.45, 2.75) is 25.6 Å². The van der Waals surface area contributed by atoms with Gasteiger partial charge in [-0.05, 0) is 37.3 Å². The molecule has 4 rings (SSSR count). The lowest BCUT2D eigenvalue weighted by atomic mass is 10.1. The minimum absolute atomic E-state index is 0.186. The SMILES string of the molecule is COc1ccccc1OC(C)CC(O)COc1cccc2[nH]c3ccccc3c12. The average molecular weight is 391 g/mol. The molecule has 0 amide bonds. The molecule has 0 spiro atoms. The fourth-order valence-electron chi connectivity index (χ4n) is 3.61. The number of methoxy groups -OCH3 is 1. The van der Waals surface area contributed by atoms with Gasteiger partial charge in [-0.25, -0.2) is 0 Å². The zero-order valence-electron chi connectivity index (χ0n) is 16.6. The van der Waals surface area contributed by atoms with Crippen molar-refractivity contribution in [1.82, 2.24) is 4.98 Å². The summed E-state index contributed by atoms with van der Waals surface area (Å²) in [5, 5.41) is 12.6. The summed E-state index contributed by atoms with van der Waals surface area (Å²) in [7, 11) is 1.61. The highest BCUT2D eigenvalue weighted by molar-refractivity contribution is 6.10. The molecule has 0 fully saturated rings. The highest BCUT2D eigenvalue weighted by Gasteiger charge is 2.16. The van der Waals surface area contributed by atoms with Crippen LogP contribution in [-0.4, -0.2) is 36.0 Å². The van der Waals surface area contributed by atoms with Crippen LogP contribution in [0.5, 0.6) is 17.2 Å². The molecule has 0 aliphatic carbocycles. The Kier molecular flexibility index (Phi) is 5.58. The van der Waals surface area contributed by atoms with Crippen molar-refractivity contribution in [3.63, 3.8) is 0 Å². The number of aromatic nitrogens is 1. The van der Waals surface area contributed by atoms with Crippen LogP contribution in [0.1, 0.15) is 13.3 Å². The summed E-state index contributed by atoms with van der Waals surface area (Å²) >= 11 is 0. The lowest BCUT2D eigenvalue weighted by Crippen LogP contribution is -2.25. The number of aliphatic hydroxyl groups excluding tert-OH is 1. The molecule has 0 radical (unpaired) electrons. The van der Waals surface area contributed by atoms with Crippen molar-refractivity contribution in [1.29, 1.82) is 0 Å². The Labute approximate surface area is 169 Å². The molecule has 0 aliphatic rings. The van der Waals surface area contributed by atoms with Gasteiger partial charge in [-0.2, -0.15) is 0 Å². The Morgan fingerprint density at radius 2 is 1.55 bits per heavy atom. The Balaban J connectivity index is 1.41. The van der Waals surface area contributed by atoms with Crippen LogP contribution in [-0.2, 0) is 0 Å². The number of aliphatic hydroxyl groups is 1. The van der Waals surface area contributed by atoms with Gasteiger partial charge in [-0.15, -0.1) is 0 Å². The van der Waals surface area contributed by atoms with Gasteiger partial charge in [0, 0.05) is 22.7 Å². The van der Waals surface area contributed by atoms with E-state index in [0.29, 0.717) is 17.9 Å². The number of hydrogen-bond acceptors (Lipinski definition) is 4. The van der Waals surface area contributed by atoms with Crippen molar-refractivity contribution in [2.24, 2.45) is 0 Å². The highest BCUT2D eigenvalue weighted by atomic mass is 16.5. The summed E-state index contributed by atoms with van der Waals surface area (Å²) in [4.78, 5) is 3.40. The highest BCUT2D eigenvalue weighted by Crippen LogP contribution is 2.33. The Morgan fingerprint density at radius 1 is 0.862 bits per heavy atom. The van der Waals surface area contributed by atoms with Crippen LogP contribution in [0.2, 0.25) is 0 Å². The van der Waals surface area contributed by atoms with E-state index in [2.05, 4.69) is 11.1 Å². The van der Waals surface area contributed by atoms with Crippen molar-refractivity contribution >= 4 is 21.8 Å². The van der Waals surface area contributed by atoms with Gasteiger partial charge in [0.2, 0.25) is 0 Å². The molecule has 5 nitrogen and oxygen atoms in total. The van der Waals surface area contributed by atoms with Gasteiger partial charge in [0.15, 0.2) is 11.5 Å². The molecule has 29 heavy (non-hydrogen) atoms. The second-order valence-corrected chi connectivity index (χ2v) is 7.13. The normalized spacial score (nSPS) is 13.3. The zero-order valence-corrected chi connectivity index (χ0v) is 16.6. The smallest absolute Gasteiger partial charge is 0.161 e. The van der Waals surface area contributed by atoms with Crippen LogP contribution in [0.3, 0.4) is 0 Å². The van der Waals surface area contributed by atoms with Crippen molar-refractivity contribution in [2.75, 3.05) is 13.7 Å². The number of ether oxygens (including phenoxy) is 3. The van der Waals surface area contributed by atoms with E-state index in [9.17, 15) is 5.11 Å².